The molecular formula is C16H18N2O. The maximum absolute atomic E-state index is 12.0. The van der Waals surface area contributed by atoms with E-state index in [9.17, 15) is 4.79 Å². The highest BCUT2D eigenvalue weighted by molar-refractivity contribution is 5.94. The SMILES string of the molecule is Cc1cccc(CNC(=O)c2ccc(N)c(C)c2)c1. The van der Waals surface area contributed by atoms with Gasteiger partial charge in [-0.2, -0.15) is 0 Å². The molecule has 0 fully saturated rings. The van der Waals surface area contributed by atoms with Gasteiger partial charge in [0.15, 0.2) is 0 Å². The molecule has 0 saturated carbocycles. The van der Waals surface area contributed by atoms with Crippen molar-refractivity contribution in [2.24, 2.45) is 0 Å². The molecule has 2 aromatic carbocycles. The largest absolute Gasteiger partial charge is 0.399 e. The fourth-order valence-corrected chi connectivity index (χ4v) is 1.92. The molecule has 3 N–H and O–H groups in total. The third kappa shape index (κ3) is 3.35. The molecule has 2 rings (SSSR count). The lowest BCUT2D eigenvalue weighted by Gasteiger charge is -2.07. The monoisotopic (exact) mass is 254 g/mol. The number of benzene rings is 2. The molecular weight excluding hydrogens is 236 g/mol. The highest BCUT2D eigenvalue weighted by Gasteiger charge is 2.06. The number of carbonyl (C=O) groups excluding carboxylic acids is 1. The van der Waals surface area contributed by atoms with E-state index in [0.29, 0.717) is 17.8 Å². The Hall–Kier alpha value is -2.29. The van der Waals surface area contributed by atoms with Crippen LogP contribution in [0.1, 0.15) is 27.0 Å². The maximum Gasteiger partial charge on any atom is 0.251 e. The fourth-order valence-electron chi connectivity index (χ4n) is 1.92. The van der Waals surface area contributed by atoms with Crippen LogP contribution < -0.4 is 11.1 Å². The van der Waals surface area contributed by atoms with Crippen LogP contribution in [0.4, 0.5) is 5.69 Å². The first kappa shape index (κ1) is 13.1. The number of amides is 1. The molecule has 1 amide bonds. The molecule has 0 unspecified atom stereocenters. The van der Waals surface area contributed by atoms with Crippen LogP contribution in [-0.4, -0.2) is 5.91 Å². The van der Waals surface area contributed by atoms with Crippen molar-refractivity contribution >= 4 is 11.6 Å². The first-order valence-electron chi connectivity index (χ1n) is 6.26. The van der Waals surface area contributed by atoms with E-state index in [1.54, 1.807) is 18.2 Å². The van der Waals surface area contributed by atoms with Gasteiger partial charge < -0.3 is 11.1 Å². The topological polar surface area (TPSA) is 55.1 Å². The van der Waals surface area contributed by atoms with E-state index in [2.05, 4.69) is 11.4 Å². The summed E-state index contributed by atoms with van der Waals surface area (Å²) in [7, 11) is 0. The zero-order valence-corrected chi connectivity index (χ0v) is 11.2. The number of aryl methyl sites for hydroxylation is 2. The molecule has 0 aliphatic heterocycles. The van der Waals surface area contributed by atoms with Crippen molar-refractivity contribution in [2.45, 2.75) is 20.4 Å². The molecule has 98 valence electrons. The normalized spacial score (nSPS) is 10.2. The van der Waals surface area contributed by atoms with E-state index in [1.807, 2.05) is 32.0 Å². The standard InChI is InChI=1S/C16H18N2O/c1-11-4-3-5-13(8-11)10-18-16(19)14-6-7-15(17)12(2)9-14/h3-9H,10,17H2,1-2H3,(H,18,19). The molecule has 0 saturated heterocycles. The van der Waals surface area contributed by atoms with E-state index >= 15 is 0 Å². The molecule has 19 heavy (non-hydrogen) atoms. The number of hydrogen-bond acceptors (Lipinski definition) is 2. The lowest BCUT2D eigenvalue weighted by Crippen LogP contribution is -2.22. The minimum atomic E-state index is -0.0791. The number of rotatable bonds is 3. The van der Waals surface area contributed by atoms with Crippen LogP contribution in [0.5, 0.6) is 0 Å². The number of anilines is 1. The Balaban J connectivity index is 2.03. The molecule has 0 bridgehead atoms. The first-order valence-corrected chi connectivity index (χ1v) is 6.26. The van der Waals surface area contributed by atoms with Gasteiger partial charge in [-0.15, -0.1) is 0 Å². The van der Waals surface area contributed by atoms with Crippen LogP contribution in [-0.2, 0) is 6.54 Å². The Kier molecular flexibility index (Phi) is 3.85. The summed E-state index contributed by atoms with van der Waals surface area (Å²) in [4.78, 5) is 12.0. The maximum atomic E-state index is 12.0. The third-order valence-corrected chi connectivity index (χ3v) is 3.07. The summed E-state index contributed by atoms with van der Waals surface area (Å²) in [5.74, 6) is -0.0791. The van der Waals surface area contributed by atoms with Crippen LogP contribution >= 0.6 is 0 Å². The average Bonchev–Trinajstić information content (AvgIpc) is 2.39. The minimum Gasteiger partial charge on any atom is -0.399 e. The highest BCUT2D eigenvalue weighted by Crippen LogP contribution is 2.12. The predicted octanol–water partition coefficient (Wildman–Crippen LogP) is 2.82. The molecule has 0 heterocycles. The molecule has 0 aromatic heterocycles. The number of hydrogen-bond donors (Lipinski definition) is 2. The molecule has 2 aromatic rings. The number of nitrogens with two attached hydrogens (primary N) is 1. The number of carbonyl (C=O) groups is 1. The van der Waals surface area contributed by atoms with Gasteiger partial charge in [0, 0.05) is 17.8 Å². The number of nitrogen functional groups attached to an aromatic ring is 1. The van der Waals surface area contributed by atoms with Gasteiger partial charge in [-0.25, -0.2) is 0 Å². The van der Waals surface area contributed by atoms with Crippen molar-refractivity contribution in [3.63, 3.8) is 0 Å². The second-order valence-corrected chi connectivity index (χ2v) is 4.74. The Morgan fingerprint density at radius 3 is 2.63 bits per heavy atom. The molecule has 0 atom stereocenters. The van der Waals surface area contributed by atoms with Gasteiger partial charge >= 0.3 is 0 Å². The van der Waals surface area contributed by atoms with Crippen LogP contribution in [0.25, 0.3) is 0 Å². The van der Waals surface area contributed by atoms with E-state index in [-0.39, 0.29) is 5.91 Å². The van der Waals surface area contributed by atoms with Gasteiger partial charge in [-0.3, -0.25) is 4.79 Å². The van der Waals surface area contributed by atoms with Crippen molar-refractivity contribution in [3.8, 4) is 0 Å². The third-order valence-electron chi connectivity index (χ3n) is 3.07. The highest BCUT2D eigenvalue weighted by atomic mass is 16.1. The molecule has 0 aliphatic rings. The zero-order valence-electron chi connectivity index (χ0n) is 11.2. The summed E-state index contributed by atoms with van der Waals surface area (Å²) >= 11 is 0. The van der Waals surface area contributed by atoms with Gasteiger partial charge in [0.05, 0.1) is 0 Å². The lowest BCUT2D eigenvalue weighted by atomic mass is 10.1. The smallest absolute Gasteiger partial charge is 0.251 e. The molecule has 0 aliphatic carbocycles. The Labute approximate surface area is 113 Å². The summed E-state index contributed by atoms with van der Waals surface area (Å²) < 4.78 is 0. The van der Waals surface area contributed by atoms with E-state index in [0.717, 1.165) is 11.1 Å². The van der Waals surface area contributed by atoms with Gasteiger partial charge in [0.25, 0.3) is 5.91 Å². The first-order chi connectivity index (χ1) is 9.06. The van der Waals surface area contributed by atoms with E-state index in [4.69, 9.17) is 5.73 Å². The summed E-state index contributed by atoms with van der Waals surface area (Å²) in [5.41, 5.74) is 10.3. The summed E-state index contributed by atoms with van der Waals surface area (Å²) in [6.07, 6.45) is 0. The van der Waals surface area contributed by atoms with Gasteiger partial charge in [-0.05, 0) is 43.2 Å². The van der Waals surface area contributed by atoms with E-state index in [1.165, 1.54) is 5.56 Å². The average molecular weight is 254 g/mol. The Morgan fingerprint density at radius 2 is 1.95 bits per heavy atom. The fraction of sp³-hybridized carbons (Fsp3) is 0.188. The van der Waals surface area contributed by atoms with E-state index < -0.39 is 0 Å². The lowest BCUT2D eigenvalue weighted by molar-refractivity contribution is 0.0951. The van der Waals surface area contributed by atoms with Crippen LogP contribution in [0, 0.1) is 13.8 Å². The summed E-state index contributed by atoms with van der Waals surface area (Å²) in [5, 5.41) is 2.91. The summed E-state index contributed by atoms with van der Waals surface area (Å²) in [6, 6.07) is 13.4. The second kappa shape index (κ2) is 5.57. The molecule has 3 nitrogen and oxygen atoms in total. The van der Waals surface area contributed by atoms with Crippen LogP contribution in [0.3, 0.4) is 0 Å². The zero-order chi connectivity index (χ0) is 13.8. The Bertz CT molecular complexity index is 605. The van der Waals surface area contributed by atoms with Gasteiger partial charge in [0.1, 0.15) is 0 Å². The molecule has 3 heteroatoms. The second-order valence-electron chi connectivity index (χ2n) is 4.74. The Morgan fingerprint density at radius 1 is 1.16 bits per heavy atom. The summed E-state index contributed by atoms with van der Waals surface area (Å²) in [6.45, 7) is 4.46. The quantitative estimate of drug-likeness (QED) is 0.827. The molecule has 0 spiro atoms. The van der Waals surface area contributed by atoms with Gasteiger partial charge in [0.2, 0.25) is 0 Å². The van der Waals surface area contributed by atoms with Crippen LogP contribution in [0.2, 0.25) is 0 Å². The van der Waals surface area contributed by atoms with Crippen molar-refractivity contribution < 1.29 is 4.79 Å². The van der Waals surface area contributed by atoms with Crippen molar-refractivity contribution in [3.05, 3.63) is 64.7 Å². The van der Waals surface area contributed by atoms with Gasteiger partial charge in [-0.1, -0.05) is 29.8 Å². The van der Waals surface area contributed by atoms with Crippen molar-refractivity contribution in [1.82, 2.24) is 5.32 Å². The van der Waals surface area contributed by atoms with Crippen molar-refractivity contribution in [2.75, 3.05) is 5.73 Å². The van der Waals surface area contributed by atoms with Crippen LogP contribution in [0.15, 0.2) is 42.5 Å². The molecule has 0 radical (unpaired) electrons. The van der Waals surface area contributed by atoms with Crippen molar-refractivity contribution in [1.29, 1.82) is 0 Å². The predicted molar refractivity (Wildman–Crippen MR) is 77.9 cm³/mol. The number of nitrogens with one attached hydrogen (secondary N) is 1. The minimum absolute atomic E-state index is 0.0791.